The molecule has 0 saturated carbocycles. The van der Waals surface area contributed by atoms with Gasteiger partial charge in [-0.3, -0.25) is 9.52 Å². The third-order valence-electron chi connectivity index (χ3n) is 2.59. The number of amides is 1. The van der Waals surface area contributed by atoms with E-state index in [9.17, 15) is 13.2 Å². The molecule has 7 nitrogen and oxygen atoms in total. The summed E-state index contributed by atoms with van der Waals surface area (Å²) in [5.74, 6) is -0.267. The van der Waals surface area contributed by atoms with Crippen molar-refractivity contribution in [1.29, 1.82) is 0 Å². The van der Waals surface area contributed by atoms with E-state index in [2.05, 4.69) is 20.2 Å². The van der Waals surface area contributed by atoms with Gasteiger partial charge in [0.15, 0.2) is 4.34 Å². The summed E-state index contributed by atoms with van der Waals surface area (Å²) < 4.78 is 27.9. The van der Waals surface area contributed by atoms with E-state index in [1.165, 1.54) is 42.6 Å². The maximum atomic E-state index is 12.4. The molecule has 0 bridgehead atoms. The Kier molecular flexibility index (Phi) is 5.89. The van der Waals surface area contributed by atoms with Crippen LogP contribution in [0.5, 0.6) is 0 Å². The van der Waals surface area contributed by atoms with Gasteiger partial charge < -0.3 is 5.32 Å². The van der Waals surface area contributed by atoms with Crippen molar-refractivity contribution in [3.05, 3.63) is 18.2 Å². The van der Waals surface area contributed by atoms with Crippen LogP contribution in [0.4, 0.5) is 10.8 Å². The largest absolute Gasteiger partial charge is 0.325 e. The molecule has 0 aliphatic heterocycles. The van der Waals surface area contributed by atoms with Crippen LogP contribution >= 0.6 is 34.9 Å². The van der Waals surface area contributed by atoms with Crippen LogP contribution in [0, 0.1) is 0 Å². The molecule has 1 aromatic heterocycles. The zero-order chi connectivity index (χ0) is 17.0. The molecule has 2 N–H and O–H groups in total. The average Bonchev–Trinajstić information content (AvgIpc) is 2.93. The molecule has 1 amide bonds. The lowest BCUT2D eigenvalue weighted by atomic mass is 10.3. The lowest BCUT2D eigenvalue weighted by molar-refractivity contribution is -0.114. The Morgan fingerprint density at radius 2 is 1.96 bits per heavy atom. The summed E-state index contributed by atoms with van der Waals surface area (Å²) in [4.78, 5) is 12.1. The average molecular weight is 391 g/mol. The van der Waals surface area contributed by atoms with Gasteiger partial charge >= 0.3 is 0 Å². The van der Waals surface area contributed by atoms with Gasteiger partial charge in [0.1, 0.15) is 0 Å². The van der Waals surface area contributed by atoms with Crippen LogP contribution in [-0.4, -0.2) is 37.0 Å². The zero-order valence-electron chi connectivity index (χ0n) is 12.5. The predicted octanol–water partition coefficient (Wildman–Crippen LogP) is 2.74. The molecule has 1 heterocycles. The number of aromatic nitrogens is 2. The fourth-order valence-electron chi connectivity index (χ4n) is 1.65. The first-order valence-corrected chi connectivity index (χ1v) is 11.0. The molecular formula is C12H14N4O3S4. The van der Waals surface area contributed by atoms with Gasteiger partial charge in [-0.25, -0.2) is 8.42 Å². The van der Waals surface area contributed by atoms with E-state index in [4.69, 9.17) is 0 Å². The molecule has 0 aliphatic rings. The van der Waals surface area contributed by atoms with Gasteiger partial charge in [-0.2, -0.15) is 0 Å². The van der Waals surface area contributed by atoms with Crippen molar-refractivity contribution in [3.63, 3.8) is 0 Å². The number of thioether (sulfide) groups is 2. The summed E-state index contributed by atoms with van der Waals surface area (Å²) in [5.41, 5.74) is 0.454. The Morgan fingerprint density at radius 3 is 2.52 bits per heavy atom. The smallest absolute Gasteiger partial charge is 0.263 e. The molecule has 1 aromatic carbocycles. The predicted molar refractivity (Wildman–Crippen MR) is 95.0 cm³/mol. The standard InChI is InChI=1S/C12H14N4O3S4/c1-7(17)13-9-6-8(4-5-10(9)20-2)23(18,19)16-11-14-15-12(21-3)22-11/h4-6H,1-3H3,(H,13,17)(H,14,16). The number of nitrogens with zero attached hydrogens (tertiary/aromatic N) is 2. The normalized spacial score (nSPS) is 11.3. The molecule has 2 rings (SSSR count). The molecule has 0 atom stereocenters. The second kappa shape index (κ2) is 7.51. The lowest BCUT2D eigenvalue weighted by Gasteiger charge is -2.11. The van der Waals surface area contributed by atoms with E-state index in [1.54, 1.807) is 6.07 Å². The minimum Gasteiger partial charge on any atom is -0.325 e. The van der Waals surface area contributed by atoms with Gasteiger partial charge in [-0.05, 0) is 30.7 Å². The minimum atomic E-state index is -3.80. The topological polar surface area (TPSA) is 101 Å². The van der Waals surface area contributed by atoms with Crippen LogP contribution in [0.3, 0.4) is 0 Å². The van der Waals surface area contributed by atoms with Gasteiger partial charge in [0.05, 0.1) is 10.6 Å². The van der Waals surface area contributed by atoms with Crippen LogP contribution in [0.2, 0.25) is 0 Å². The first-order chi connectivity index (χ1) is 10.9. The van der Waals surface area contributed by atoms with Gasteiger partial charge in [0, 0.05) is 11.8 Å². The zero-order valence-corrected chi connectivity index (χ0v) is 15.8. The van der Waals surface area contributed by atoms with E-state index in [0.29, 0.717) is 10.0 Å². The van der Waals surface area contributed by atoms with Gasteiger partial charge in [-0.1, -0.05) is 23.1 Å². The molecule has 2 aromatic rings. The van der Waals surface area contributed by atoms with Gasteiger partial charge in [0.25, 0.3) is 10.0 Å². The van der Waals surface area contributed by atoms with Crippen LogP contribution in [-0.2, 0) is 14.8 Å². The summed E-state index contributed by atoms with van der Waals surface area (Å²) in [5, 5.41) is 10.5. The highest BCUT2D eigenvalue weighted by atomic mass is 32.2. The number of anilines is 2. The highest BCUT2D eigenvalue weighted by Crippen LogP contribution is 2.30. The quantitative estimate of drug-likeness (QED) is 0.731. The number of rotatable bonds is 6. The highest BCUT2D eigenvalue weighted by Gasteiger charge is 2.19. The van der Waals surface area contributed by atoms with Crippen molar-refractivity contribution in [1.82, 2.24) is 10.2 Å². The molecule has 0 spiro atoms. The van der Waals surface area contributed by atoms with Crippen LogP contribution in [0.25, 0.3) is 0 Å². The maximum Gasteiger partial charge on any atom is 0.263 e. The van der Waals surface area contributed by atoms with Crippen LogP contribution in [0.15, 0.2) is 32.3 Å². The van der Waals surface area contributed by atoms with E-state index in [1.807, 2.05) is 12.5 Å². The third kappa shape index (κ3) is 4.59. The number of carbonyl (C=O) groups is 1. The van der Waals surface area contributed by atoms with Crippen LogP contribution in [0.1, 0.15) is 6.92 Å². The molecule has 0 saturated heterocycles. The number of sulfonamides is 1. The fourth-order valence-corrected chi connectivity index (χ4v) is 4.61. The molecule has 124 valence electrons. The Morgan fingerprint density at radius 1 is 1.22 bits per heavy atom. The molecule has 0 unspecified atom stereocenters. The third-order valence-corrected chi connectivity index (χ3v) is 6.67. The Bertz CT molecular complexity index is 819. The van der Waals surface area contributed by atoms with Crippen molar-refractivity contribution in [2.75, 3.05) is 22.6 Å². The van der Waals surface area contributed by atoms with Crippen molar-refractivity contribution in [2.24, 2.45) is 0 Å². The summed E-state index contributed by atoms with van der Waals surface area (Å²) in [7, 11) is -3.80. The Labute approximate surface area is 146 Å². The number of hydrogen-bond acceptors (Lipinski definition) is 8. The van der Waals surface area contributed by atoms with E-state index in [0.717, 1.165) is 16.2 Å². The fraction of sp³-hybridized carbons (Fsp3) is 0.250. The van der Waals surface area contributed by atoms with E-state index < -0.39 is 10.0 Å². The van der Waals surface area contributed by atoms with Crippen molar-refractivity contribution >= 4 is 61.6 Å². The molecule has 11 heteroatoms. The number of benzene rings is 1. The minimum absolute atomic E-state index is 0.0416. The monoisotopic (exact) mass is 390 g/mol. The van der Waals surface area contributed by atoms with Gasteiger partial charge in [0.2, 0.25) is 11.0 Å². The van der Waals surface area contributed by atoms with Crippen LogP contribution < -0.4 is 10.0 Å². The van der Waals surface area contributed by atoms with E-state index in [-0.39, 0.29) is 15.9 Å². The maximum absolute atomic E-state index is 12.4. The first-order valence-electron chi connectivity index (χ1n) is 6.21. The second-order valence-electron chi connectivity index (χ2n) is 4.23. The van der Waals surface area contributed by atoms with E-state index >= 15 is 0 Å². The Balaban J connectivity index is 2.33. The first kappa shape index (κ1) is 18.0. The highest BCUT2D eigenvalue weighted by molar-refractivity contribution is 8.00. The SMILES string of the molecule is CSc1nnc(NS(=O)(=O)c2ccc(SC)c(NC(C)=O)c2)s1. The van der Waals surface area contributed by atoms with Crippen molar-refractivity contribution < 1.29 is 13.2 Å². The summed E-state index contributed by atoms with van der Waals surface area (Å²) >= 11 is 3.95. The molecule has 0 radical (unpaired) electrons. The number of nitrogens with one attached hydrogen (secondary N) is 2. The summed E-state index contributed by atoms with van der Waals surface area (Å²) in [6.45, 7) is 1.37. The molecule has 0 fully saturated rings. The van der Waals surface area contributed by atoms with Crippen molar-refractivity contribution in [2.45, 2.75) is 21.1 Å². The molecule has 0 aliphatic carbocycles. The number of hydrogen-bond donors (Lipinski definition) is 2. The second-order valence-corrected chi connectivity index (χ2v) is 8.79. The lowest BCUT2D eigenvalue weighted by Crippen LogP contribution is -2.14. The van der Waals surface area contributed by atoms with Crippen molar-refractivity contribution in [3.8, 4) is 0 Å². The summed E-state index contributed by atoms with van der Waals surface area (Å²) in [6, 6.07) is 4.56. The molecule has 23 heavy (non-hydrogen) atoms. The summed E-state index contributed by atoms with van der Waals surface area (Å²) in [6.07, 6.45) is 3.68. The van der Waals surface area contributed by atoms with Gasteiger partial charge in [-0.15, -0.1) is 22.0 Å². The molecular weight excluding hydrogens is 376 g/mol. The number of carbonyl (C=O) groups excluding carboxylic acids is 1. The Hall–Kier alpha value is -1.30.